The molecule has 2 aromatic rings. The Morgan fingerprint density at radius 3 is 2.53 bits per heavy atom. The summed E-state index contributed by atoms with van der Waals surface area (Å²) in [6, 6.07) is 10.3. The molecule has 0 bridgehead atoms. The first-order valence-electron chi connectivity index (χ1n) is 5.48. The molecule has 0 unspecified atom stereocenters. The molecule has 0 aliphatic carbocycles. The first-order valence-corrected chi connectivity index (χ1v) is 6.70. The van der Waals surface area contributed by atoms with Gasteiger partial charge in [-0.3, -0.25) is 0 Å². The van der Waals surface area contributed by atoms with Crippen LogP contribution < -0.4 is 0 Å². The summed E-state index contributed by atoms with van der Waals surface area (Å²) in [4.78, 5) is 3.12. The van der Waals surface area contributed by atoms with Gasteiger partial charge in [-0.15, -0.1) is 0 Å². The van der Waals surface area contributed by atoms with E-state index in [0.717, 1.165) is 0 Å². The van der Waals surface area contributed by atoms with Crippen LogP contribution in [0, 0.1) is 0 Å². The van der Waals surface area contributed by atoms with Gasteiger partial charge >= 0.3 is 47.5 Å². The Bertz CT molecular complexity index is 333. The van der Waals surface area contributed by atoms with Gasteiger partial charge in [0.15, 0.2) is 0 Å². The summed E-state index contributed by atoms with van der Waals surface area (Å²) in [6.07, 6.45) is 6.02. The van der Waals surface area contributed by atoms with Crippen LogP contribution in [0.4, 0.5) is 0 Å². The Morgan fingerprint density at radius 1 is 1.13 bits per heavy atom. The van der Waals surface area contributed by atoms with E-state index < -0.39 is 0 Å². The van der Waals surface area contributed by atoms with E-state index in [1.54, 1.807) is 0 Å². The Hall–Kier alpha value is -0.721. The van der Waals surface area contributed by atoms with Crippen LogP contribution in [0.2, 0.25) is 5.32 Å². The molecule has 1 heterocycles. The maximum Gasteiger partial charge on any atom is 0.0453 e. The fourth-order valence-electron chi connectivity index (χ4n) is 1.35. The number of unbranched alkanes of at least 4 members (excludes halogenated alkanes) is 2. The van der Waals surface area contributed by atoms with Crippen LogP contribution in [0.3, 0.4) is 0 Å². The number of H-pyrrole nitrogens is 1. The van der Waals surface area contributed by atoms with Crippen LogP contribution in [0.5, 0.6) is 0 Å². The number of aromatic amines is 1. The molecule has 0 saturated heterocycles. The predicted molar refractivity (Wildman–Crippen MR) is 68.4 cm³/mol. The van der Waals surface area contributed by atoms with E-state index in [1.165, 1.54) is 35.5 Å². The fourth-order valence-corrected chi connectivity index (χ4v) is 1.78. The zero-order valence-corrected chi connectivity index (χ0v) is 10.9. The molecule has 0 spiro atoms. The number of hydrogen-bond acceptors (Lipinski definition) is 0. The van der Waals surface area contributed by atoms with Gasteiger partial charge in [0.05, 0.1) is 0 Å². The third-order valence-electron chi connectivity index (χ3n) is 2.21. The molecule has 1 aromatic carbocycles. The maximum absolute atomic E-state index is 3.12. The van der Waals surface area contributed by atoms with Gasteiger partial charge in [-0.05, 0) is 17.5 Å². The first kappa shape index (κ1) is 12.3. The molecular formula is C13H18NSe. The van der Waals surface area contributed by atoms with Gasteiger partial charge in [0.2, 0.25) is 0 Å². The Morgan fingerprint density at radius 2 is 1.93 bits per heavy atom. The maximum atomic E-state index is 3.12. The molecule has 1 radical (unpaired) electrons. The second-order valence-electron chi connectivity index (χ2n) is 3.48. The predicted octanol–water partition coefficient (Wildman–Crippen LogP) is 3.93. The van der Waals surface area contributed by atoms with Crippen molar-refractivity contribution < 1.29 is 0 Å². The summed E-state index contributed by atoms with van der Waals surface area (Å²) in [6.45, 7) is 2.22. The molecule has 0 amide bonds. The standard InChI is InChI=1S/C8H7N.C5H11Se/c1-2-4-8-7(3-1)5-6-9-8;1-2-3-4-5-6/h1-6,9H;2-5H2,1H3. The summed E-state index contributed by atoms with van der Waals surface area (Å²) < 4.78 is 0. The van der Waals surface area contributed by atoms with E-state index in [0.29, 0.717) is 0 Å². The minimum Gasteiger partial charge on any atom is -0.361 e. The van der Waals surface area contributed by atoms with E-state index in [4.69, 9.17) is 0 Å². The molecule has 81 valence electrons. The minimum absolute atomic E-state index is 1.21. The van der Waals surface area contributed by atoms with Crippen molar-refractivity contribution in [3.63, 3.8) is 0 Å². The SMILES string of the molecule is CCCCC[Se].c1ccc2[nH]ccc2c1. The molecule has 0 fully saturated rings. The molecule has 0 saturated carbocycles. The smallest absolute Gasteiger partial charge is 0.0453 e. The topological polar surface area (TPSA) is 15.8 Å². The summed E-state index contributed by atoms with van der Waals surface area (Å²) >= 11 is 2.98. The summed E-state index contributed by atoms with van der Waals surface area (Å²) in [5.41, 5.74) is 1.21. The van der Waals surface area contributed by atoms with E-state index in [9.17, 15) is 0 Å². The normalized spacial score (nSPS) is 9.73. The van der Waals surface area contributed by atoms with Gasteiger partial charge in [-0.25, -0.2) is 0 Å². The van der Waals surface area contributed by atoms with E-state index in [1.807, 2.05) is 18.3 Å². The molecule has 1 N–H and O–H groups in total. The van der Waals surface area contributed by atoms with E-state index in [-0.39, 0.29) is 0 Å². The average Bonchev–Trinajstić information content (AvgIpc) is 2.75. The van der Waals surface area contributed by atoms with Crippen molar-refractivity contribution in [2.75, 3.05) is 0 Å². The number of nitrogens with one attached hydrogen (secondary N) is 1. The van der Waals surface area contributed by atoms with Crippen LogP contribution in [-0.4, -0.2) is 21.0 Å². The molecule has 1 nitrogen and oxygen atoms in total. The van der Waals surface area contributed by atoms with E-state index >= 15 is 0 Å². The quantitative estimate of drug-likeness (QED) is 0.640. The van der Waals surface area contributed by atoms with Crippen LogP contribution in [-0.2, 0) is 0 Å². The largest absolute Gasteiger partial charge is 0.361 e. The number of fused-ring (bicyclic) bond motifs is 1. The zero-order chi connectivity index (χ0) is 10.9. The molecule has 15 heavy (non-hydrogen) atoms. The molecule has 0 atom stereocenters. The monoisotopic (exact) mass is 268 g/mol. The van der Waals surface area contributed by atoms with Crippen molar-refractivity contribution >= 4 is 26.9 Å². The van der Waals surface area contributed by atoms with Gasteiger partial charge in [0.1, 0.15) is 0 Å². The third-order valence-corrected chi connectivity index (χ3v) is 2.82. The molecular weight excluding hydrogens is 249 g/mol. The second kappa shape index (κ2) is 7.56. The van der Waals surface area contributed by atoms with E-state index in [2.05, 4.69) is 46.1 Å². The van der Waals surface area contributed by atoms with Crippen molar-refractivity contribution in [1.29, 1.82) is 0 Å². The number of hydrogen-bond donors (Lipinski definition) is 1. The summed E-state index contributed by atoms with van der Waals surface area (Å²) in [7, 11) is 0. The summed E-state index contributed by atoms with van der Waals surface area (Å²) in [5, 5.41) is 2.51. The Balaban J connectivity index is 0.000000167. The third kappa shape index (κ3) is 4.55. The number of rotatable bonds is 3. The molecule has 2 rings (SSSR count). The number of benzene rings is 1. The molecule has 0 aliphatic heterocycles. The van der Waals surface area contributed by atoms with Crippen molar-refractivity contribution in [2.24, 2.45) is 0 Å². The zero-order valence-electron chi connectivity index (χ0n) is 9.20. The van der Waals surface area contributed by atoms with Crippen LogP contribution >= 0.6 is 0 Å². The second-order valence-corrected chi connectivity index (χ2v) is 4.33. The van der Waals surface area contributed by atoms with Gasteiger partial charge < -0.3 is 4.98 Å². The van der Waals surface area contributed by atoms with Gasteiger partial charge in [-0.2, -0.15) is 0 Å². The van der Waals surface area contributed by atoms with Gasteiger partial charge in [0, 0.05) is 11.7 Å². The fraction of sp³-hybridized carbons (Fsp3) is 0.385. The number of para-hydroxylation sites is 1. The summed E-state index contributed by atoms with van der Waals surface area (Å²) in [5.74, 6) is 0. The molecule has 0 aliphatic rings. The van der Waals surface area contributed by atoms with Gasteiger partial charge in [0.25, 0.3) is 0 Å². The average molecular weight is 267 g/mol. The van der Waals surface area contributed by atoms with Crippen LogP contribution in [0.15, 0.2) is 36.5 Å². The minimum atomic E-state index is 1.21. The van der Waals surface area contributed by atoms with Crippen molar-refractivity contribution in [3.05, 3.63) is 36.5 Å². The number of aromatic nitrogens is 1. The first-order chi connectivity index (χ1) is 7.38. The molecule has 2 heteroatoms. The van der Waals surface area contributed by atoms with Crippen molar-refractivity contribution in [2.45, 2.75) is 31.5 Å². The van der Waals surface area contributed by atoms with Crippen molar-refractivity contribution in [1.82, 2.24) is 4.98 Å². The Kier molecular flexibility index (Phi) is 6.22. The van der Waals surface area contributed by atoms with Crippen LogP contribution in [0.25, 0.3) is 10.9 Å². The van der Waals surface area contributed by atoms with Gasteiger partial charge in [-0.1, -0.05) is 18.2 Å². The molecule has 1 aromatic heterocycles. The Labute approximate surface area is 100 Å². The van der Waals surface area contributed by atoms with Crippen LogP contribution in [0.1, 0.15) is 26.2 Å². The van der Waals surface area contributed by atoms with Crippen molar-refractivity contribution in [3.8, 4) is 0 Å².